The van der Waals surface area contributed by atoms with Crippen molar-refractivity contribution in [2.75, 3.05) is 4.90 Å². The second-order valence-corrected chi connectivity index (χ2v) is 9.14. The largest absolute Gasteiger partial charge is 0.450 e. The van der Waals surface area contributed by atoms with E-state index >= 15 is 0 Å². The van der Waals surface area contributed by atoms with Crippen molar-refractivity contribution in [2.24, 2.45) is 0 Å². The van der Waals surface area contributed by atoms with E-state index in [0.29, 0.717) is 32.3 Å². The van der Waals surface area contributed by atoms with Crippen LogP contribution in [0.5, 0.6) is 0 Å². The third-order valence-corrected chi connectivity index (χ3v) is 6.57. The van der Waals surface area contributed by atoms with Crippen molar-refractivity contribution in [1.82, 2.24) is 0 Å². The van der Waals surface area contributed by atoms with Crippen LogP contribution in [0.1, 0.15) is 33.3 Å². The van der Waals surface area contributed by atoms with Crippen LogP contribution in [-0.2, 0) is 0 Å². The molecule has 1 amide bonds. The number of halogens is 3. The average Bonchev–Trinajstić information content (AvgIpc) is 3.03. The van der Waals surface area contributed by atoms with Crippen molar-refractivity contribution in [1.29, 1.82) is 0 Å². The Morgan fingerprint density at radius 2 is 1.81 bits per heavy atom. The summed E-state index contributed by atoms with van der Waals surface area (Å²) in [6.45, 7) is 1.89. The van der Waals surface area contributed by atoms with Crippen molar-refractivity contribution in [3.8, 4) is 0 Å². The molecule has 1 aromatic heterocycles. The molecule has 3 aromatic carbocycles. The van der Waals surface area contributed by atoms with Crippen molar-refractivity contribution in [2.45, 2.75) is 13.0 Å². The van der Waals surface area contributed by atoms with Gasteiger partial charge in [0.05, 0.1) is 17.0 Å². The molecule has 154 valence electrons. The SMILES string of the molecule is Cc1ccc(N2C(=O)c3oc4ccc(Br)cc4c(=O)c3C2c2cccc(Cl)c2)cc1Cl. The lowest BCUT2D eigenvalue weighted by Gasteiger charge is -2.25. The van der Waals surface area contributed by atoms with E-state index in [-0.39, 0.29) is 16.8 Å². The Bertz CT molecular complexity index is 1450. The van der Waals surface area contributed by atoms with Crippen LogP contribution in [0.2, 0.25) is 10.0 Å². The molecule has 7 heteroatoms. The molecule has 4 aromatic rings. The Morgan fingerprint density at radius 1 is 1.00 bits per heavy atom. The summed E-state index contributed by atoms with van der Waals surface area (Å²) in [4.78, 5) is 28.6. The van der Waals surface area contributed by atoms with Gasteiger partial charge in [-0.3, -0.25) is 14.5 Å². The second-order valence-electron chi connectivity index (χ2n) is 7.38. The fourth-order valence-electron chi connectivity index (χ4n) is 3.94. The first-order valence-corrected chi connectivity index (χ1v) is 11.0. The van der Waals surface area contributed by atoms with Crippen LogP contribution in [0.25, 0.3) is 11.0 Å². The standard InChI is InChI=1S/C24H14BrCl2NO3/c1-12-5-7-16(11-18(12)27)28-21(13-3-2-4-15(26)9-13)20-22(29)17-10-14(25)6-8-19(17)31-23(20)24(28)30/h2-11,21H,1H3. The number of nitrogens with zero attached hydrogens (tertiary/aromatic N) is 1. The Kier molecular flexibility index (Phi) is 4.93. The smallest absolute Gasteiger partial charge is 0.295 e. The van der Waals surface area contributed by atoms with Crippen molar-refractivity contribution >= 4 is 61.7 Å². The minimum atomic E-state index is -0.695. The number of hydrogen-bond acceptors (Lipinski definition) is 3. The van der Waals surface area contributed by atoms with E-state index in [1.165, 1.54) is 0 Å². The molecule has 0 spiro atoms. The maximum absolute atomic E-state index is 13.6. The Hall–Kier alpha value is -2.60. The number of hydrogen-bond donors (Lipinski definition) is 0. The van der Waals surface area contributed by atoms with Gasteiger partial charge < -0.3 is 4.42 Å². The van der Waals surface area contributed by atoms with Gasteiger partial charge in [-0.15, -0.1) is 0 Å². The molecule has 4 nitrogen and oxygen atoms in total. The number of anilines is 1. The van der Waals surface area contributed by atoms with Gasteiger partial charge >= 0.3 is 0 Å². The number of carbonyl (C=O) groups excluding carboxylic acids is 1. The van der Waals surface area contributed by atoms with Gasteiger partial charge in [0, 0.05) is 20.2 Å². The van der Waals surface area contributed by atoms with Crippen molar-refractivity contribution < 1.29 is 9.21 Å². The molecule has 0 saturated heterocycles. The summed E-state index contributed by atoms with van der Waals surface area (Å²) >= 11 is 16.0. The van der Waals surface area contributed by atoms with Crippen LogP contribution < -0.4 is 10.3 Å². The monoisotopic (exact) mass is 513 g/mol. The lowest BCUT2D eigenvalue weighted by atomic mass is 9.98. The molecule has 0 N–H and O–H groups in total. The molecule has 1 aliphatic heterocycles. The lowest BCUT2D eigenvalue weighted by Crippen LogP contribution is -2.29. The van der Waals surface area contributed by atoms with Crippen LogP contribution in [0.15, 0.2) is 74.3 Å². The molecule has 31 heavy (non-hydrogen) atoms. The highest BCUT2D eigenvalue weighted by atomic mass is 79.9. The second kappa shape index (κ2) is 7.52. The number of amides is 1. The molecule has 0 aliphatic carbocycles. The van der Waals surface area contributed by atoms with Crippen LogP contribution in [-0.4, -0.2) is 5.91 Å². The van der Waals surface area contributed by atoms with Gasteiger partial charge in [-0.2, -0.15) is 0 Å². The van der Waals surface area contributed by atoms with E-state index < -0.39 is 11.9 Å². The quantitative estimate of drug-likeness (QED) is 0.291. The van der Waals surface area contributed by atoms with Crippen molar-refractivity contribution in [3.05, 3.63) is 108 Å². The van der Waals surface area contributed by atoms with Gasteiger partial charge in [-0.05, 0) is 60.5 Å². The highest BCUT2D eigenvalue weighted by Gasteiger charge is 2.43. The summed E-state index contributed by atoms with van der Waals surface area (Å²) in [5.41, 5.74) is 2.55. The number of fused-ring (bicyclic) bond motifs is 2. The maximum atomic E-state index is 13.6. The summed E-state index contributed by atoms with van der Waals surface area (Å²) < 4.78 is 6.71. The molecular weight excluding hydrogens is 501 g/mol. The Balaban J connectivity index is 1.83. The van der Waals surface area contributed by atoms with Crippen LogP contribution >= 0.6 is 39.1 Å². The van der Waals surface area contributed by atoms with E-state index in [0.717, 1.165) is 10.0 Å². The van der Waals surface area contributed by atoms with E-state index in [1.54, 1.807) is 47.4 Å². The normalized spacial score (nSPS) is 15.5. The first-order valence-electron chi connectivity index (χ1n) is 9.46. The molecule has 1 aliphatic rings. The zero-order valence-corrected chi connectivity index (χ0v) is 19.3. The fourth-order valence-corrected chi connectivity index (χ4v) is 4.67. The summed E-state index contributed by atoms with van der Waals surface area (Å²) in [6, 6.07) is 16.9. The number of aryl methyl sites for hydroxylation is 1. The Labute approximate surface area is 196 Å². The molecule has 5 rings (SSSR count). The van der Waals surface area contributed by atoms with Crippen LogP contribution in [0.4, 0.5) is 5.69 Å². The zero-order chi connectivity index (χ0) is 21.9. The van der Waals surface area contributed by atoms with Gasteiger partial charge in [0.15, 0.2) is 5.43 Å². The predicted molar refractivity (Wildman–Crippen MR) is 126 cm³/mol. The van der Waals surface area contributed by atoms with Crippen LogP contribution in [0.3, 0.4) is 0 Å². The van der Waals surface area contributed by atoms with Gasteiger partial charge in [-0.1, -0.05) is 57.3 Å². The highest BCUT2D eigenvalue weighted by molar-refractivity contribution is 9.10. The Morgan fingerprint density at radius 3 is 2.55 bits per heavy atom. The van der Waals surface area contributed by atoms with E-state index in [2.05, 4.69) is 15.9 Å². The molecule has 1 atom stereocenters. The third kappa shape index (κ3) is 3.28. The summed E-state index contributed by atoms with van der Waals surface area (Å²) in [6.07, 6.45) is 0. The maximum Gasteiger partial charge on any atom is 0.295 e. The van der Waals surface area contributed by atoms with Gasteiger partial charge in [0.2, 0.25) is 5.76 Å². The highest BCUT2D eigenvalue weighted by Crippen LogP contribution is 2.42. The summed E-state index contributed by atoms with van der Waals surface area (Å²) in [7, 11) is 0. The van der Waals surface area contributed by atoms with Gasteiger partial charge in [0.1, 0.15) is 5.58 Å². The van der Waals surface area contributed by atoms with E-state index in [1.807, 2.05) is 25.1 Å². The van der Waals surface area contributed by atoms with E-state index in [9.17, 15) is 9.59 Å². The minimum absolute atomic E-state index is 0.0292. The lowest BCUT2D eigenvalue weighted by molar-refractivity contribution is 0.0971. The van der Waals surface area contributed by atoms with Crippen LogP contribution in [0, 0.1) is 6.92 Å². The molecule has 0 radical (unpaired) electrons. The molecule has 0 fully saturated rings. The van der Waals surface area contributed by atoms with Gasteiger partial charge in [-0.25, -0.2) is 0 Å². The molecule has 1 unspecified atom stereocenters. The third-order valence-electron chi connectivity index (χ3n) is 5.43. The van der Waals surface area contributed by atoms with Gasteiger partial charge in [0.25, 0.3) is 5.91 Å². The minimum Gasteiger partial charge on any atom is -0.450 e. The number of benzene rings is 3. The molecule has 2 heterocycles. The summed E-state index contributed by atoms with van der Waals surface area (Å²) in [5, 5.41) is 1.43. The molecule has 0 saturated carbocycles. The number of rotatable bonds is 2. The first-order chi connectivity index (χ1) is 14.8. The van der Waals surface area contributed by atoms with E-state index in [4.69, 9.17) is 27.6 Å². The zero-order valence-electron chi connectivity index (χ0n) is 16.2. The molecular formula is C24H14BrCl2NO3. The topological polar surface area (TPSA) is 50.5 Å². The summed E-state index contributed by atoms with van der Waals surface area (Å²) in [5.74, 6) is -0.372. The molecule has 0 bridgehead atoms. The number of carbonyl (C=O) groups is 1. The average molecular weight is 515 g/mol. The predicted octanol–water partition coefficient (Wildman–Crippen LogP) is 6.92. The first kappa shape index (κ1) is 20.3. The fraction of sp³-hybridized carbons (Fsp3) is 0.0833. The van der Waals surface area contributed by atoms with Crippen molar-refractivity contribution in [3.63, 3.8) is 0 Å².